The van der Waals surface area contributed by atoms with E-state index in [9.17, 15) is 0 Å². The second-order valence-corrected chi connectivity index (χ2v) is 8.38. The largest absolute Gasteiger partial charge is 0.381 e. The van der Waals surface area contributed by atoms with Crippen molar-refractivity contribution in [2.24, 2.45) is 11.3 Å². The standard InChI is InChI=1S/C18H36N2O/c1-5-20(12-16-8-6-9-16)14-18(10-7-11-21-15-18)13-19-17(2,3)4/h16,19H,5-15H2,1-4H3. The maximum Gasteiger partial charge on any atom is 0.0546 e. The van der Waals surface area contributed by atoms with Gasteiger partial charge in [-0.1, -0.05) is 13.3 Å². The molecule has 0 radical (unpaired) electrons. The summed E-state index contributed by atoms with van der Waals surface area (Å²) in [5, 5.41) is 3.74. The highest BCUT2D eigenvalue weighted by atomic mass is 16.5. The molecule has 1 heterocycles. The van der Waals surface area contributed by atoms with Crippen molar-refractivity contribution in [3.05, 3.63) is 0 Å². The van der Waals surface area contributed by atoms with Gasteiger partial charge in [0.05, 0.1) is 6.61 Å². The van der Waals surface area contributed by atoms with Crippen molar-refractivity contribution < 1.29 is 4.74 Å². The van der Waals surface area contributed by atoms with E-state index in [0.717, 1.165) is 25.7 Å². The topological polar surface area (TPSA) is 24.5 Å². The summed E-state index contributed by atoms with van der Waals surface area (Å²) >= 11 is 0. The van der Waals surface area contributed by atoms with Gasteiger partial charge >= 0.3 is 0 Å². The molecule has 124 valence electrons. The van der Waals surface area contributed by atoms with Gasteiger partial charge < -0.3 is 15.0 Å². The highest BCUT2D eigenvalue weighted by Gasteiger charge is 2.36. The summed E-state index contributed by atoms with van der Waals surface area (Å²) in [6.07, 6.45) is 6.85. The molecule has 1 aliphatic carbocycles. The highest BCUT2D eigenvalue weighted by molar-refractivity contribution is 4.90. The minimum absolute atomic E-state index is 0.190. The molecule has 0 aromatic rings. The Hall–Kier alpha value is -0.120. The fraction of sp³-hybridized carbons (Fsp3) is 1.00. The predicted octanol–water partition coefficient (Wildman–Crippen LogP) is 3.29. The molecule has 1 N–H and O–H groups in total. The first-order valence-corrected chi connectivity index (χ1v) is 8.98. The number of hydrogen-bond donors (Lipinski definition) is 1. The van der Waals surface area contributed by atoms with E-state index in [1.54, 1.807) is 0 Å². The zero-order valence-corrected chi connectivity index (χ0v) is 14.7. The molecule has 0 amide bonds. The molecule has 0 bridgehead atoms. The molecule has 2 rings (SSSR count). The summed E-state index contributed by atoms with van der Waals surface area (Å²) < 4.78 is 5.87. The number of ether oxygens (including phenoxy) is 1. The van der Waals surface area contributed by atoms with Crippen LogP contribution in [-0.2, 0) is 4.74 Å². The molecule has 1 atom stereocenters. The molecule has 3 heteroatoms. The van der Waals surface area contributed by atoms with Gasteiger partial charge in [-0.25, -0.2) is 0 Å². The van der Waals surface area contributed by atoms with Crippen LogP contribution in [0.25, 0.3) is 0 Å². The van der Waals surface area contributed by atoms with Crippen LogP contribution < -0.4 is 5.32 Å². The van der Waals surface area contributed by atoms with Gasteiger partial charge in [-0.2, -0.15) is 0 Å². The first kappa shape index (κ1) is 17.2. The first-order chi connectivity index (χ1) is 9.92. The molecular formula is C18H36N2O. The lowest BCUT2D eigenvalue weighted by Gasteiger charge is -2.43. The molecule has 3 nitrogen and oxygen atoms in total. The normalized spacial score (nSPS) is 27.9. The van der Waals surface area contributed by atoms with E-state index >= 15 is 0 Å². The molecule has 2 fully saturated rings. The third-order valence-corrected chi connectivity index (χ3v) is 5.15. The summed E-state index contributed by atoms with van der Waals surface area (Å²) in [6.45, 7) is 15.7. The van der Waals surface area contributed by atoms with Gasteiger partial charge in [0.15, 0.2) is 0 Å². The van der Waals surface area contributed by atoms with E-state index < -0.39 is 0 Å². The van der Waals surface area contributed by atoms with Crippen LogP contribution in [0.15, 0.2) is 0 Å². The average Bonchev–Trinajstić information content (AvgIpc) is 2.40. The summed E-state index contributed by atoms with van der Waals surface area (Å²) in [4.78, 5) is 2.68. The van der Waals surface area contributed by atoms with Gasteiger partial charge in [-0.3, -0.25) is 0 Å². The van der Waals surface area contributed by atoms with Gasteiger partial charge in [-0.05, 0) is 58.9 Å². The van der Waals surface area contributed by atoms with Crippen molar-refractivity contribution in [2.75, 3.05) is 39.4 Å². The lowest BCUT2D eigenvalue weighted by Crippen LogP contribution is -2.53. The fourth-order valence-corrected chi connectivity index (χ4v) is 3.50. The van der Waals surface area contributed by atoms with Gasteiger partial charge in [0.2, 0.25) is 0 Å². The zero-order chi connectivity index (χ0) is 15.3. The number of nitrogens with zero attached hydrogens (tertiary/aromatic N) is 1. The summed E-state index contributed by atoms with van der Waals surface area (Å²) in [5.41, 5.74) is 0.501. The predicted molar refractivity (Wildman–Crippen MR) is 89.7 cm³/mol. The summed E-state index contributed by atoms with van der Waals surface area (Å²) in [7, 11) is 0. The third kappa shape index (κ3) is 5.54. The van der Waals surface area contributed by atoms with Gasteiger partial charge in [-0.15, -0.1) is 0 Å². The van der Waals surface area contributed by atoms with Crippen LogP contribution in [-0.4, -0.2) is 49.8 Å². The second-order valence-electron chi connectivity index (χ2n) is 8.38. The van der Waals surface area contributed by atoms with Crippen LogP contribution in [0.4, 0.5) is 0 Å². The SMILES string of the molecule is CCN(CC1CCC1)CC1(CNC(C)(C)C)CCCOC1. The Kier molecular flexibility index (Phi) is 6.10. The van der Waals surface area contributed by atoms with E-state index in [-0.39, 0.29) is 5.54 Å². The minimum Gasteiger partial charge on any atom is -0.381 e. The van der Waals surface area contributed by atoms with E-state index in [1.165, 1.54) is 51.7 Å². The minimum atomic E-state index is 0.190. The summed E-state index contributed by atoms with van der Waals surface area (Å²) in [6, 6.07) is 0. The van der Waals surface area contributed by atoms with Crippen LogP contribution in [0.5, 0.6) is 0 Å². The quantitative estimate of drug-likeness (QED) is 0.780. The Balaban J connectivity index is 1.92. The smallest absolute Gasteiger partial charge is 0.0546 e. The Bertz CT molecular complexity index is 301. The van der Waals surface area contributed by atoms with Crippen molar-refractivity contribution in [2.45, 2.75) is 65.3 Å². The maximum atomic E-state index is 5.87. The molecule has 0 spiro atoms. The lowest BCUT2D eigenvalue weighted by atomic mass is 9.80. The molecular weight excluding hydrogens is 260 g/mol. The molecule has 1 aliphatic heterocycles. The monoisotopic (exact) mass is 296 g/mol. The second kappa shape index (κ2) is 7.43. The lowest BCUT2D eigenvalue weighted by molar-refractivity contribution is -0.0316. The van der Waals surface area contributed by atoms with E-state index in [2.05, 4.69) is 37.9 Å². The van der Waals surface area contributed by atoms with Crippen molar-refractivity contribution in [1.82, 2.24) is 10.2 Å². The molecule has 1 saturated carbocycles. The Morgan fingerprint density at radius 1 is 1.24 bits per heavy atom. The highest BCUT2D eigenvalue weighted by Crippen LogP contribution is 2.32. The third-order valence-electron chi connectivity index (χ3n) is 5.15. The first-order valence-electron chi connectivity index (χ1n) is 8.98. The van der Waals surface area contributed by atoms with E-state index in [4.69, 9.17) is 4.74 Å². The molecule has 21 heavy (non-hydrogen) atoms. The van der Waals surface area contributed by atoms with Crippen LogP contribution in [0.2, 0.25) is 0 Å². The van der Waals surface area contributed by atoms with Crippen LogP contribution in [0.1, 0.15) is 59.8 Å². The van der Waals surface area contributed by atoms with Crippen molar-refractivity contribution in [3.8, 4) is 0 Å². The van der Waals surface area contributed by atoms with E-state index in [0.29, 0.717) is 5.41 Å². The molecule has 2 aliphatic rings. The molecule has 0 aromatic carbocycles. The van der Waals surface area contributed by atoms with Gasteiger partial charge in [0.25, 0.3) is 0 Å². The fourth-order valence-electron chi connectivity index (χ4n) is 3.50. The van der Waals surface area contributed by atoms with Crippen molar-refractivity contribution in [3.63, 3.8) is 0 Å². The molecule has 1 saturated heterocycles. The van der Waals surface area contributed by atoms with Crippen LogP contribution in [0.3, 0.4) is 0 Å². The Morgan fingerprint density at radius 3 is 2.48 bits per heavy atom. The zero-order valence-electron chi connectivity index (χ0n) is 14.7. The van der Waals surface area contributed by atoms with Gasteiger partial charge in [0, 0.05) is 37.2 Å². The number of nitrogens with one attached hydrogen (secondary N) is 1. The van der Waals surface area contributed by atoms with Gasteiger partial charge in [0.1, 0.15) is 0 Å². The van der Waals surface area contributed by atoms with E-state index in [1.807, 2.05) is 0 Å². The van der Waals surface area contributed by atoms with Crippen LogP contribution in [0, 0.1) is 11.3 Å². The molecule has 0 aromatic heterocycles. The van der Waals surface area contributed by atoms with Crippen molar-refractivity contribution >= 4 is 0 Å². The molecule has 1 unspecified atom stereocenters. The Morgan fingerprint density at radius 2 is 2.00 bits per heavy atom. The average molecular weight is 296 g/mol. The Labute approximate surface area is 131 Å². The number of hydrogen-bond acceptors (Lipinski definition) is 3. The summed E-state index contributed by atoms with van der Waals surface area (Å²) in [5.74, 6) is 0.960. The van der Waals surface area contributed by atoms with Crippen LogP contribution >= 0.6 is 0 Å². The maximum absolute atomic E-state index is 5.87. The van der Waals surface area contributed by atoms with Crippen molar-refractivity contribution in [1.29, 1.82) is 0 Å². The number of rotatable bonds is 7.